The SMILES string of the molecule is O=C(C1CC(=O)N(C2CCOCC2)C1)N1CCCC(Oc2ccncn2)C1. The number of nitrogens with zero attached hydrogens (tertiary/aromatic N) is 4. The van der Waals surface area contributed by atoms with Gasteiger partial charge < -0.3 is 19.3 Å². The molecule has 1 aromatic heterocycles. The van der Waals surface area contributed by atoms with E-state index >= 15 is 0 Å². The van der Waals surface area contributed by atoms with Crippen molar-refractivity contribution >= 4 is 11.8 Å². The minimum absolute atomic E-state index is 0.0682. The highest BCUT2D eigenvalue weighted by Gasteiger charge is 2.40. The van der Waals surface area contributed by atoms with Crippen molar-refractivity contribution in [3.63, 3.8) is 0 Å². The van der Waals surface area contributed by atoms with Crippen LogP contribution in [0.2, 0.25) is 0 Å². The number of aromatic nitrogens is 2. The first-order chi connectivity index (χ1) is 13.2. The van der Waals surface area contributed by atoms with Crippen LogP contribution in [-0.2, 0) is 14.3 Å². The van der Waals surface area contributed by atoms with Gasteiger partial charge >= 0.3 is 0 Å². The van der Waals surface area contributed by atoms with Crippen LogP contribution in [0.3, 0.4) is 0 Å². The van der Waals surface area contributed by atoms with Crippen LogP contribution in [0.25, 0.3) is 0 Å². The van der Waals surface area contributed by atoms with E-state index in [2.05, 4.69) is 9.97 Å². The highest BCUT2D eigenvalue weighted by Crippen LogP contribution is 2.27. The zero-order valence-corrected chi connectivity index (χ0v) is 15.5. The van der Waals surface area contributed by atoms with Crippen molar-refractivity contribution in [2.24, 2.45) is 5.92 Å². The summed E-state index contributed by atoms with van der Waals surface area (Å²) < 4.78 is 11.3. The van der Waals surface area contributed by atoms with Gasteiger partial charge in [-0.3, -0.25) is 9.59 Å². The first-order valence-electron chi connectivity index (χ1n) is 9.79. The first kappa shape index (κ1) is 18.2. The number of hydrogen-bond donors (Lipinski definition) is 0. The van der Waals surface area contributed by atoms with Crippen LogP contribution in [0.1, 0.15) is 32.1 Å². The Bertz CT molecular complexity index is 665. The molecule has 146 valence electrons. The second-order valence-electron chi connectivity index (χ2n) is 7.50. The van der Waals surface area contributed by atoms with E-state index in [1.165, 1.54) is 6.33 Å². The van der Waals surface area contributed by atoms with Gasteiger partial charge in [0.1, 0.15) is 12.4 Å². The summed E-state index contributed by atoms with van der Waals surface area (Å²) in [6.07, 6.45) is 6.87. The summed E-state index contributed by atoms with van der Waals surface area (Å²) in [6.45, 7) is 3.20. The standard InChI is InChI=1S/C19H26N4O4/c24-18-10-14(11-23(18)15-4-8-26-9-5-15)19(25)22-7-1-2-16(12-22)27-17-3-6-20-13-21-17/h3,6,13-16H,1-2,4-5,7-12H2. The third-order valence-corrected chi connectivity index (χ3v) is 5.67. The molecule has 0 spiro atoms. The van der Waals surface area contributed by atoms with Gasteiger partial charge in [0.25, 0.3) is 0 Å². The Labute approximate surface area is 158 Å². The molecule has 0 radical (unpaired) electrons. The van der Waals surface area contributed by atoms with E-state index in [1.54, 1.807) is 12.3 Å². The molecule has 3 saturated heterocycles. The van der Waals surface area contributed by atoms with Crippen molar-refractivity contribution in [2.45, 2.75) is 44.2 Å². The fourth-order valence-corrected chi connectivity index (χ4v) is 4.26. The number of amides is 2. The van der Waals surface area contributed by atoms with E-state index in [9.17, 15) is 9.59 Å². The molecule has 1 aromatic rings. The molecule has 0 aromatic carbocycles. The zero-order valence-electron chi connectivity index (χ0n) is 15.5. The summed E-state index contributed by atoms with van der Waals surface area (Å²) >= 11 is 0. The predicted molar refractivity (Wildman–Crippen MR) is 95.9 cm³/mol. The Morgan fingerprint density at radius 1 is 1.22 bits per heavy atom. The molecule has 3 aliphatic heterocycles. The Hall–Kier alpha value is -2.22. The highest BCUT2D eigenvalue weighted by atomic mass is 16.5. The van der Waals surface area contributed by atoms with E-state index < -0.39 is 0 Å². The van der Waals surface area contributed by atoms with E-state index in [4.69, 9.17) is 9.47 Å². The molecule has 3 fully saturated rings. The van der Waals surface area contributed by atoms with Crippen LogP contribution >= 0.6 is 0 Å². The second kappa shape index (κ2) is 8.21. The van der Waals surface area contributed by atoms with Crippen molar-refractivity contribution in [2.75, 3.05) is 32.8 Å². The van der Waals surface area contributed by atoms with Gasteiger partial charge in [0.2, 0.25) is 17.7 Å². The fourth-order valence-electron chi connectivity index (χ4n) is 4.26. The smallest absolute Gasteiger partial charge is 0.228 e. The molecule has 2 atom stereocenters. The van der Waals surface area contributed by atoms with Crippen LogP contribution in [0.5, 0.6) is 5.88 Å². The number of piperidine rings is 1. The molecule has 2 amide bonds. The monoisotopic (exact) mass is 374 g/mol. The van der Waals surface area contributed by atoms with Gasteiger partial charge in [-0.2, -0.15) is 0 Å². The molecule has 4 heterocycles. The molecule has 0 saturated carbocycles. The molecule has 3 aliphatic rings. The number of hydrogen-bond acceptors (Lipinski definition) is 6. The lowest BCUT2D eigenvalue weighted by molar-refractivity contribution is -0.138. The molecular formula is C19H26N4O4. The minimum Gasteiger partial charge on any atom is -0.472 e. The lowest BCUT2D eigenvalue weighted by atomic mass is 10.0. The molecule has 8 nitrogen and oxygen atoms in total. The zero-order chi connectivity index (χ0) is 18.6. The van der Waals surface area contributed by atoms with Gasteiger partial charge in [0.05, 0.1) is 12.5 Å². The number of likely N-dealkylation sites (tertiary alicyclic amines) is 2. The van der Waals surface area contributed by atoms with Gasteiger partial charge in [-0.05, 0) is 25.7 Å². The van der Waals surface area contributed by atoms with Gasteiger partial charge in [-0.15, -0.1) is 0 Å². The maximum Gasteiger partial charge on any atom is 0.228 e. The third-order valence-electron chi connectivity index (χ3n) is 5.67. The number of carbonyl (C=O) groups is 2. The molecule has 0 aliphatic carbocycles. The second-order valence-corrected chi connectivity index (χ2v) is 7.50. The average Bonchev–Trinajstić information content (AvgIpc) is 3.11. The maximum absolute atomic E-state index is 13.0. The van der Waals surface area contributed by atoms with Gasteiger partial charge in [-0.25, -0.2) is 9.97 Å². The Morgan fingerprint density at radius 2 is 2.07 bits per heavy atom. The molecule has 27 heavy (non-hydrogen) atoms. The van der Waals surface area contributed by atoms with E-state index in [-0.39, 0.29) is 29.9 Å². The largest absolute Gasteiger partial charge is 0.472 e. The first-order valence-corrected chi connectivity index (χ1v) is 9.79. The number of ether oxygens (including phenoxy) is 2. The lowest BCUT2D eigenvalue weighted by Gasteiger charge is -2.34. The van der Waals surface area contributed by atoms with Crippen LogP contribution in [-0.4, -0.2) is 76.6 Å². The number of rotatable bonds is 4. The van der Waals surface area contributed by atoms with Crippen molar-refractivity contribution in [3.05, 3.63) is 18.6 Å². The summed E-state index contributed by atoms with van der Waals surface area (Å²) in [5.74, 6) is 0.476. The van der Waals surface area contributed by atoms with Gasteiger partial charge in [-0.1, -0.05) is 0 Å². The molecule has 8 heteroatoms. The average molecular weight is 374 g/mol. The summed E-state index contributed by atoms with van der Waals surface area (Å²) in [7, 11) is 0. The third kappa shape index (κ3) is 4.21. The van der Waals surface area contributed by atoms with E-state index in [1.807, 2.05) is 9.80 Å². The van der Waals surface area contributed by atoms with Crippen LogP contribution in [0, 0.1) is 5.92 Å². The number of carbonyl (C=O) groups excluding carboxylic acids is 2. The molecule has 0 bridgehead atoms. The van der Waals surface area contributed by atoms with E-state index in [0.29, 0.717) is 38.6 Å². The molecular weight excluding hydrogens is 348 g/mol. The molecule has 2 unspecified atom stereocenters. The molecule has 4 rings (SSSR count). The highest BCUT2D eigenvalue weighted by molar-refractivity contribution is 5.89. The van der Waals surface area contributed by atoms with Gasteiger partial charge in [0, 0.05) is 51.0 Å². The van der Waals surface area contributed by atoms with Gasteiger partial charge in [0.15, 0.2) is 0 Å². The predicted octanol–water partition coefficient (Wildman–Crippen LogP) is 0.874. The maximum atomic E-state index is 13.0. The van der Waals surface area contributed by atoms with Crippen molar-refractivity contribution in [1.29, 1.82) is 0 Å². The molecule has 0 N–H and O–H groups in total. The van der Waals surface area contributed by atoms with Crippen LogP contribution in [0.15, 0.2) is 18.6 Å². The fraction of sp³-hybridized carbons (Fsp3) is 0.684. The van der Waals surface area contributed by atoms with Crippen molar-refractivity contribution in [3.8, 4) is 5.88 Å². The minimum atomic E-state index is -0.238. The van der Waals surface area contributed by atoms with Crippen molar-refractivity contribution < 1.29 is 19.1 Å². The van der Waals surface area contributed by atoms with E-state index in [0.717, 1.165) is 32.2 Å². The van der Waals surface area contributed by atoms with Crippen LogP contribution < -0.4 is 4.74 Å². The summed E-state index contributed by atoms with van der Waals surface area (Å²) in [6, 6.07) is 1.95. The quantitative estimate of drug-likeness (QED) is 0.778. The Morgan fingerprint density at radius 3 is 2.85 bits per heavy atom. The lowest BCUT2D eigenvalue weighted by Crippen LogP contribution is -2.47. The van der Waals surface area contributed by atoms with Crippen molar-refractivity contribution in [1.82, 2.24) is 19.8 Å². The summed E-state index contributed by atoms with van der Waals surface area (Å²) in [5.41, 5.74) is 0. The normalized spacial score (nSPS) is 27.0. The summed E-state index contributed by atoms with van der Waals surface area (Å²) in [4.78, 5) is 37.2. The Kier molecular flexibility index (Phi) is 5.52. The topological polar surface area (TPSA) is 84.9 Å². The summed E-state index contributed by atoms with van der Waals surface area (Å²) in [5, 5.41) is 0. The Balaban J connectivity index is 1.34. The van der Waals surface area contributed by atoms with Crippen LogP contribution in [0.4, 0.5) is 0 Å².